The van der Waals surface area contributed by atoms with Gasteiger partial charge in [-0.3, -0.25) is 9.59 Å². The highest BCUT2D eigenvalue weighted by molar-refractivity contribution is 6.32. The van der Waals surface area contributed by atoms with Gasteiger partial charge in [0.1, 0.15) is 29.6 Å². The van der Waals surface area contributed by atoms with Crippen molar-refractivity contribution < 1.29 is 38.4 Å². The van der Waals surface area contributed by atoms with Crippen LogP contribution in [0.15, 0.2) is 42.0 Å². The normalized spacial score (nSPS) is 25.0. The van der Waals surface area contributed by atoms with E-state index < -0.39 is 35.9 Å². The number of allylic oxidation sites excluding steroid dienone is 3. The molecule has 0 spiro atoms. The van der Waals surface area contributed by atoms with Gasteiger partial charge in [-0.25, -0.2) is 4.79 Å². The molecule has 0 bridgehead atoms. The Kier molecular flexibility index (Phi) is 14.6. The maximum atomic E-state index is 12.5. The van der Waals surface area contributed by atoms with Crippen molar-refractivity contribution in [3.05, 3.63) is 52.6 Å². The minimum Gasteiger partial charge on any atom is -0.495 e. The molecule has 4 unspecified atom stereocenters. The lowest BCUT2D eigenvalue weighted by Crippen LogP contribution is -2.49. The lowest BCUT2D eigenvalue weighted by molar-refractivity contribution is -0.155. The molecule has 0 aliphatic carbocycles. The van der Waals surface area contributed by atoms with E-state index in [0.29, 0.717) is 23.6 Å². The van der Waals surface area contributed by atoms with Crippen LogP contribution in [0, 0.1) is 5.92 Å². The first-order valence-corrected chi connectivity index (χ1v) is 15.1. The van der Waals surface area contributed by atoms with E-state index in [0.717, 1.165) is 19.1 Å². The van der Waals surface area contributed by atoms with Gasteiger partial charge in [0.25, 0.3) is 0 Å². The van der Waals surface area contributed by atoms with Gasteiger partial charge in [0.15, 0.2) is 0 Å². The largest absolute Gasteiger partial charge is 0.495 e. The van der Waals surface area contributed by atoms with Gasteiger partial charge in [-0.05, 0) is 58.4 Å². The van der Waals surface area contributed by atoms with E-state index in [1.165, 1.54) is 12.6 Å². The third kappa shape index (κ3) is 10.2. The van der Waals surface area contributed by atoms with Gasteiger partial charge in [-0.2, -0.15) is 0 Å². The SMILES string of the molecule is CNC(=O)C[C@H](OC(=O)C(C)NC)[C@]1(C)OC1[C@H](C)C1CC(C/C=C/C=C(\C)Cc2ccc(Cl)c(OC)c2)NC(=O)O1.CO. The molecular weight excluding hydrogens is 590 g/mol. The molecule has 2 saturated heterocycles. The van der Waals surface area contributed by atoms with Gasteiger partial charge in [0, 0.05) is 32.5 Å². The number of esters is 1. The van der Waals surface area contributed by atoms with Crippen molar-refractivity contribution in [2.45, 2.75) is 89.4 Å². The van der Waals surface area contributed by atoms with Crippen LogP contribution in [0.1, 0.15) is 52.5 Å². The Bertz CT molecular complexity index is 1190. The molecule has 11 nitrogen and oxygen atoms in total. The third-order valence-corrected chi connectivity index (χ3v) is 8.33. The Labute approximate surface area is 265 Å². The topological polar surface area (TPSA) is 148 Å². The number of likely N-dealkylation sites (N-methyl/N-ethyl adjacent to an activating group) is 1. The first kappa shape index (κ1) is 37.1. The number of cyclic esters (lactones) is 1. The molecular formula is C32H48ClN3O8. The molecule has 2 aliphatic rings. The van der Waals surface area contributed by atoms with E-state index >= 15 is 0 Å². The van der Waals surface area contributed by atoms with Gasteiger partial charge in [-0.15, -0.1) is 0 Å². The number of carbonyl (C=O) groups excluding carboxylic acids is 3. The van der Waals surface area contributed by atoms with Crippen LogP contribution < -0.4 is 20.7 Å². The van der Waals surface area contributed by atoms with Crippen LogP contribution in [0.25, 0.3) is 0 Å². The highest BCUT2D eigenvalue weighted by Gasteiger charge is 2.63. The number of amides is 2. The Morgan fingerprint density at radius 1 is 1.27 bits per heavy atom. The smallest absolute Gasteiger partial charge is 0.407 e. The molecule has 44 heavy (non-hydrogen) atoms. The first-order chi connectivity index (χ1) is 20.9. The van der Waals surface area contributed by atoms with Crippen LogP contribution in [0.5, 0.6) is 5.75 Å². The standard InChI is InChI=1S/C31H44ClN3O7.CH4O/c1-18(14-21-12-13-23(32)25(15-21)39-7)10-8-9-11-22-16-24(40-30(38)35-22)19(2)28-31(4,42-28)26(17-27(36)34-6)41-29(37)20(3)33-5;1-2/h8-10,12-13,15,19-20,22,24,26,28,33H,11,14,16-17H2,1-7H3,(H,34,36)(H,35,38);2H,1H3/b9-8+,18-10+;/t19-,20?,22?,24?,26+,28?,31+;/m1./s1. The molecule has 0 saturated carbocycles. The summed E-state index contributed by atoms with van der Waals surface area (Å²) in [5, 5.41) is 15.9. The summed E-state index contributed by atoms with van der Waals surface area (Å²) in [4.78, 5) is 37.2. The molecule has 1 aromatic carbocycles. The van der Waals surface area contributed by atoms with E-state index in [1.807, 2.05) is 44.2 Å². The second-order valence-corrected chi connectivity index (χ2v) is 11.6. The average Bonchev–Trinajstić information content (AvgIpc) is 3.71. The Morgan fingerprint density at radius 2 is 1.98 bits per heavy atom. The lowest BCUT2D eigenvalue weighted by Gasteiger charge is -2.33. The summed E-state index contributed by atoms with van der Waals surface area (Å²) in [5.74, 6) is -0.254. The number of ether oxygens (including phenoxy) is 4. The lowest BCUT2D eigenvalue weighted by atomic mass is 9.85. The zero-order chi connectivity index (χ0) is 33.0. The predicted molar refractivity (Wildman–Crippen MR) is 169 cm³/mol. The molecule has 0 aromatic heterocycles. The number of aliphatic hydroxyl groups is 1. The van der Waals surface area contributed by atoms with E-state index in [-0.39, 0.29) is 30.4 Å². The highest BCUT2D eigenvalue weighted by Crippen LogP contribution is 2.48. The van der Waals surface area contributed by atoms with Crippen molar-refractivity contribution in [2.24, 2.45) is 5.92 Å². The minimum atomic E-state index is -0.877. The number of alkyl carbamates (subject to hydrolysis) is 1. The van der Waals surface area contributed by atoms with Crippen molar-refractivity contribution in [3.63, 3.8) is 0 Å². The molecule has 2 aliphatic heterocycles. The van der Waals surface area contributed by atoms with Crippen LogP contribution in [0.3, 0.4) is 0 Å². The summed E-state index contributed by atoms with van der Waals surface area (Å²) in [6.07, 6.45) is 6.03. The van der Waals surface area contributed by atoms with Crippen LogP contribution in [0.2, 0.25) is 5.02 Å². The summed E-state index contributed by atoms with van der Waals surface area (Å²) >= 11 is 6.12. The molecule has 4 N–H and O–H groups in total. The Morgan fingerprint density at radius 3 is 2.61 bits per heavy atom. The maximum absolute atomic E-state index is 12.5. The van der Waals surface area contributed by atoms with Gasteiger partial charge >= 0.3 is 12.1 Å². The quantitative estimate of drug-likeness (QED) is 0.136. The zero-order valence-electron chi connectivity index (χ0n) is 26.9. The molecule has 0 radical (unpaired) electrons. The van der Waals surface area contributed by atoms with Crippen LogP contribution in [0.4, 0.5) is 4.79 Å². The predicted octanol–water partition coefficient (Wildman–Crippen LogP) is 3.71. The van der Waals surface area contributed by atoms with Crippen LogP contribution in [-0.2, 0) is 30.2 Å². The van der Waals surface area contributed by atoms with E-state index in [4.69, 9.17) is 35.7 Å². The zero-order valence-corrected chi connectivity index (χ0v) is 27.7. The van der Waals surface area contributed by atoms with Gasteiger partial charge in [0.2, 0.25) is 5.91 Å². The second-order valence-electron chi connectivity index (χ2n) is 11.2. The first-order valence-electron chi connectivity index (χ1n) is 14.7. The molecule has 2 amide bonds. The number of nitrogens with one attached hydrogen (secondary N) is 3. The molecule has 2 fully saturated rings. The van der Waals surface area contributed by atoms with Crippen LogP contribution >= 0.6 is 11.6 Å². The number of aliphatic hydroxyl groups excluding tert-OH is 1. The van der Waals surface area contributed by atoms with Crippen LogP contribution in [-0.4, -0.2) is 87.4 Å². The van der Waals surface area contributed by atoms with Crippen molar-refractivity contribution in [3.8, 4) is 5.75 Å². The second kappa shape index (κ2) is 17.4. The van der Waals surface area contributed by atoms with E-state index in [9.17, 15) is 14.4 Å². The maximum Gasteiger partial charge on any atom is 0.407 e. The summed E-state index contributed by atoms with van der Waals surface area (Å²) in [6, 6.07) is 5.11. The summed E-state index contributed by atoms with van der Waals surface area (Å²) in [6.45, 7) is 7.53. The third-order valence-electron chi connectivity index (χ3n) is 8.02. The fourth-order valence-corrected chi connectivity index (χ4v) is 5.38. The Hall–Kier alpha value is -3.12. The van der Waals surface area contributed by atoms with Crippen molar-refractivity contribution in [2.75, 3.05) is 28.3 Å². The molecule has 2 heterocycles. The minimum absolute atomic E-state index is 0.0314. The number of rotatable bonds is 14. The summed E-state index contributed by atoms with van der Waals surface area (Å²) < 4.78 is 22.7. The summed E-state index contributed by atoms with van der Waals surface area (Å²) in [5.41, 5.74) is 1.39. The molecule has 246 valence electrons. The van der Waals surface area contributed by atoms with Crippen molar-refractivity contribution in [1.82, 2.24) is 16.0 Å². The number of hydrogen-bond acceptors (Lipinski definition) is 9. The fraction of sp³-hybridized carbons (Fsp3) is 0.594. The monoisotopic (exact) mass is 637 g/mol. The van der Waals surface area contributed by atoms with E-state index in [1.54, 1.807) is 21.1 Å². The van der Waals surface area contributed by atoms with Gasteiger partial charge < -0.3 is 40.0 Å². The van der Waals surface area contributed by atoms with Gasteiger partial charge in [-0.1, -0.05) is 48.4 Å². The van der Waals surface area contributed by atoms with Gasteiger partial charge in [0.05, 0.1) is 24.7 Å². The number of halogens is 1. The van der Waals surface area contributed by atoms with E-state index in [2.05, 4.69) is 29.0 Å². The van der Waals surface area contributed by atoms with Crippen molar-refractivity contribution in [1.29, 1.82) is 0 Å². The number of hydrogen-bond donors (Lipinski definition) is 4. The number of carbonyl (C=O) groups is 3. The highest BCUT2D eigenvalue weighted by atomic mass is 35.5. The molecule has 12 heteroatoms. The molecule has 3 rings (SSSR count). The number of epoxide rings is 1. The van der Waals surface area contributed by atoms with Crippen molar-refractivity contribution >= 4 is 29.6 Å². The average molecular weight is 638 g/mol. The fourth-order valence-electron chi connectivity index (χ4n) is 5.19. The number of methoxy groups -OCH3 is 1. The number of benzene rings is 1. The Balaban J connectivity index is 0.00000330. The summed E-state index contributed by atoms with van der Waals surface area (Å²) in [7, 11) is 5.79. The molecule has 7 atom stereocenters. The molecule has 1 aromatic rings.